The Kier molecular flexibility index (Phi) is 5.21. The van der Waals surface area contributed by atoms with Crippen LogP contribution in [0.4, 0.5) is 11.4 Å². The lowest BCUT2D eigenvalue weighted by Crippen LogP contribution is -2.20. The number of nitrogens with zero attached hydrogens (tertiary/aromatic N) is 1. The van der Waals surface area contributed by atoms with E-state index in [-0.39, 0.29) is 0 Å². The van der Waals surface area contributed by atoms with Gasteiger partial charge in [-0.05, 0) is 24.1 Å². The first kappa shape index (κ1) is 18.6. The highest BCUT2D eigenvalue weighted by Crippen LogP contribution is 2.43. The predicted molar refractivity (Wildman–Crippen MR) is 107 cm³/mol. The van der Waals surface area contributed by atoms with E-state index in [1.165, 1.54) is 0 Å². The summed E-state index contributed by atoms with van der Waals surface area (Å²) < 4.78 is 21.6. The molecular weight excluding hydrogens is 346 g/mol. The Morgan fingerprint density at radius 2 is 1.44 bits per heavy atom. The van der Waals surface area contributed by atoms with Gasteiger partial charge in [-0.2, -0.15) is 0 Å². The normalized spacial score (nSPS) is 13.3. The van der Waals surface area contributed by atoms with Gasteiger partial charge in [-0.3, -0.25) is 0 Å². The molecule has 1 heterocycles. The first-order chi connectivity index (χ1) is 13.1. The van der Waals surface area contributed by atoms with Crippen molar-refractivity contribution in [2.24, 2.45) is 5.73 Å². The number of benzene rings is 2. The lowest BCUT2D eigenvalue weighted by Gasteiger charge is -2.25. The van der Waals surface area contributed by atoms with Gasteiger partial charge in [0.1, 0.15) is 0 Å². The molecule has 2 aromatic carbocycles. The minimum atomic E-state index is 0.554. The Hall–Kier alpha value is -3.22. The number of nitrogen functional groups attached to an aromatic ring is 1. The molecule has 2 aromatic rings. The molecule has 0 spiro atoms. The van der Waals surface area contributed by atoms with Gasteiger partial charge in [-0.15, -0.1) is 0 Å². The molecule has 27 heavy (non-hydrogen) atoms. The minimum Gasteiger partial charge on any atom is -0.493 e. The maximum atomic E-state index is 6.28. The number of nitrogens with two attached hydrogens (primary N) is 2. The van der Waals surface area contributed by atoms with Crippen molar-refractivity contribution in [1.29, 1.82) is 0 Å². The van der Waals surface area contributed by atoms with Crippen LogP contribution in [0.2, 0.25) is 0 Å². The molecule has 3 rings (SSSR count). The summed E-state index contributed by atoms with van der Waals surface area (Å²) in [5.74, 6) is 2.54. The van der Waals surface area contributed by atoms with Crippen LogP contribution in [0.25, 0.3) is 5.70 Å². The zero-order valence-electron chi connectivity index (χ0n) is 16.0. The van der Waals surface area contributed by atoms with Gasteiger partial charge in [-0.1, -0.05) is 0 Å². The summed E-state index contributed by atoms with van der Waals surface area (Å²) in [6, 6.07) is 7.54. The van der Waals surface area contributed by atoms with Crippen LogP contribution in [-0.4, -0.2) is 35.0 Å². The molecular formula is C20H25N3O4. The molecule has 0 fully saturated rings. The van der Waals surface area contributed by atoms with Crippen LogP contribution in [0.3, 0.4) is 0 Å². The third-order valence-electron chi connectivity index (χ3n) is 4.76. The fourth-order valence-electron chi connectivity index (χ4n) is 3.41. The van der Waals surface area contributed by atoms with Crippen molar-refractivity contribution in [3.8, 4) is 23.0 Å². The van der Waals surface area contributed by atoms with E-state index < -0.39 is 0 Å². The summed E-state index contributed by atoms with van der Waals surface area (Å²) >= 11 is 0. The first-order valence-corrected chi connectivity index (χ1v) is 8.54. The Morgan fingerprint density at radius 1 is 0.889 bits per heavy atom. The lowest BCUT2D eigenvalue weighted by atomic mass is 10.1. The molecule has 0 radical (unpaired) electrons. The van der Waals surface area contributed by atoms with Crippen LogP contribution < -0.4 is 35.3 Å². The highest BCUT2D eigenvalue weighted by Gasteiger charge is 2.27. The molecule has 1 aliphatic rings. The van der Waals surface area contributed by atoms with E-state index in [1.807, 2.05) is 18.2 Å². The van der Waals surface area contributed by atoms with Crippen molar-refractivity contribution in [1.82, 2.24) is 0 Å². The molecule has 0 saturated carbocycles. The Bertz CT molecular complexity index is 880. The number of anilines is 2. The summed E-state index contributed by atoms with van der Waals surface area (Å²) in [5.41, 5.74) is 16.6. The molecule has 4 N–H and O–H groups in total. The van der Waals surface area contributed by atoms with Gasteiger partial charge in [-0.25, -0.2) is 0 Å². The largest absolute Gasteiger partial charge is 0.493 e. The number of ether oxygens (including phenoxy) is 4. The van der Waals surface area contributed by atoms with Crippen molar-refractivity contribution in [2.45, 2.75) is 6.42 Å². The maximum Gasteiger partial charge on any atom is 0.162 e. The van der Waals surface area contributed by atoms with Gasteiger partial charge in [0.25, 0.3) is 0 Å². The molecule has 0 atom stereocenters. The molecule has 0 aromatic heterocycles. The summed E-state index contributed by atoms with van der Waals surface area (Å²) in [7, 11) is 6.42. The van der Waals surface area contributed by atoms with Crippen molar-refractivity contribution >= 4 is 17.1 Å². The van der Waals surface area contributed by atoms with E-state index in [1.54, 1.807) is 40.7 Å². The SMILES string of the molecule is COc1cc(N)c(/C(=C\N)N2CCc3cc(OC)c(OC)cc32)cc1OC. The molecule has 1 aliphatic heterocycles. The topological polar surface area (TPSA) is 92.2 Å². The second-order valence-corrected chi connectivity index (χ2v) is 6.08. The number of fused-ring (bicyclic) bond motifs is 1. The van der Waals surface area contributed by atoms with E-state index in [0.29, 0.717) is 28.7 Å². The van der Waals surface area contributed by atoms with Gasteiger partial charge in [0.15, 0.2) is 23.0 Å². The van der Waals surface area contributed by atoms with Crippen LogP contribution in [0.1, 0.15) is 11.1 Å². The smallest absolute Gasteiger partial charge is 0.162 e. The molecule has 0 bridgehead atoms. The average molecular weight is 371 g/mol. The van der Waals surface area contributed by atoms with E-state index >= 15 is 0 Å². The van der Waals surface area contributed by atoms with Gasteiger partial charge in [0.2, 0.25) is 0 Å². The summed E-state index contributed by atoms with van der Waals surface area (Å²) in [4.78, 5) is 2.12. The molecule has 144 valence electrons. The van der Waals surface area contributed by atoms with Crippen LogP contribution >= 0.6 is 0 Å². The van der Waals surface area contributed by atoms with E-state index in [4.69, 9.17) is 30.4 Å². The monoisotopic (exact) mass is 371 g/mol. The van der Waals surface area contributed by atoms with Crippen LogP contribution in [0.15, 0.2) is 30.5 Å². The predicted octanol–water partition coefficient (Wildman–Crippen LogP) is 2.62. The molecule has 7 heteroatoms. The number of hydrogen-bond donors (Lipinski definition) is 2. The van der Waals surface area contributed by atoms with Crippen molar-refractivity contribution in [3.05, 3.63) is 41.6 Å². The van der Waals surface area contributed by atoms with E-state index in [9.17, 15) is 0 Å². The van der Waals surface area contributed by atoms with Gasteiger partial charge < -0.3 is 35.3 Å². The Labute approximate surface area is 159 Å². The van der Waals surface area contributed by atoms with Crippen molar-refractivity contribution in [3.63, 3.8) is 0 Å². The second kappa shape index (κ2) is 7.57. The average Bonchev–Trinajstić information content (AvgIpc) is 3.10. The highest BCUT2D eigenvalue weighted by atomic mass is 16.5. The third kappa shape index (κ3) is 3.16. The molecule has 0 saturated heterocycles. The fraction of sp³-hybridized carbons (Fsp3) is 0.300. The van der Waals surface area contributed by atoms with Gasteiger partial charge in [0.05, 0.1) is 34.1 Å². The van der Waals surface area contributed by atoms with Crippen molar-refractivity contribution in [2.75, 3.05) is 45.6 Å². The Balaban J connectivity index is 2.08. The molecule has 0 unspecified atom stereocenters. The fourth-order valence-corrected chi connectivity index (χ4v) is 3.41. The summed E-state index contributed by atoms with van der Waals surface area (Å²) in [5, 5.41) is 0. The number of methoxy groups -OCH3 is 4. The third-order valence-corrected chi connectivity index (χ3v) is 4.76. The summed E-state index contributed by atoms with van der Waals surface area (Å²) in [6.07, 6.45) is 2.42. The number of rotatable bonds is 6. The van der Waals surface area contributed by atoms with Crippen molar-refractivity contribution < 1.29 is 18.9 Å². The molecule has 0 amide bonds. The van der Waals surface area contributed by atoms with Gasteiger partial charge in [0, 0.05) is 41.8 Å². The molecule has 7 nitrogen and oxygen atoms in total. The maximum absolute atomic E-state index is 6.28. The second-order valence-electron chi connectivity index (χ2n) is 6.08. The highest BCUT2D eigenvalue weighted by molar-refractivity contribution is 5.88. The first-order valence-electron chi connectivity index (χ1n) is 8.54. The standard InChI is InChI=1S/C20H25N3O4/c1-24-17-7-12-5-6-23(15(12)10-20(17)27-4)16(11-21)13-8-18(25-2)19(26-3)9-14(13)22/h7-11H,5-6,21-22H2,1-4H3/b16-11+. The zero-order valence-corrected chi connectivity index (χ0v) is 16.0. The van der Waals surface area contributed by atoms with Crippen LogP contribution in [0.5, 0.6) is 23.0 Å². The van der Waals surface area contributed by atoms with Crippen LogP contribution in [-0.2, 0) is 6.42 Å². The lowest BCUT2D eigenvalue weighted by molar-refractivity contribution is 0.355. The molecule has 0 aliphatic carbocycles. The van der Waals surface area contributed by atoms with E-state index in [2.05, 4.69) is 4.90 Å². The zero-order chi connectivity index (χ0) is 19.6. The summed E-state index contributed by atoms with van der Waals surface area (Å²) in [6.45, 7) is 0.766. The minimum absolute atomic E-state index is 0.554. The van der Waals surface area contributed by atoms with Gasteiger partial charge >= 0.3 is 0 Å². The van der Waals surface area contributed by atoms with E-state index in [0.717, 1.165) is 35.5 Å². The van der Waals surface area contributed by atoms with Crippen LogP contribution in [0, 0.1) is 0 Å². The quantitative estimate of drug-likeness (QED) is 0.754. The Morgan fingerprint density at radius 3 is 2.04 bits per heavy atom. The number of hydrogen-bond acceptors (Lipinski definition) is 7.